The van der Waals surface area contributed by atoms with E-state index in [4.69, 9.17) is 14.2 Å². The predicted molar refractivity (Wildman–Crippen MR) is 68.8 cm³/mol. The first-order chi connectivity index (χ1) is 8.81. The largest absolute Gasteiger partial charge is 0.497 e. The van der Waals surface area contributed by atoms with Crippen LogP contribution in [0, 0.1) is 0 Å². The molecule has 18 heavy (non-hydrogen) atoms. The van der Waals surface area contributed by atoms with E-state index in [1.54, 1.807) is 7.11 Å². The standard InChI is InChI=1S/C14H17NO3/c1-15-6-5-9-7-13-14(18-13)17-12-8-10(16-2)3-4-11(9)12/h3-4,7-8,13-15H,5-6H2,1-2H3. The Morgan fingerprint density at radius 2 is 2.28 bits per heavy atom. The molecule has 0 bridgehead atoms. The average Bonchev–Trinajstić information content (AvgIpc) is 3.12. The molecule has 0 saturated carbocycles. The van der Waals surface area contributed by atoms with Gasteiger partial charge in [0.2, 0.25) is 6.29 Å². The molecule has 0 aromatic heterocycles. The van der Waals surface area contributed by atoms with E-state index in [0.717, 1.165) is 30.0 Å². The van der Waals surface area contributed by atoms with Crippen LogP contribution in [0.3, 0.4) is 0 Å². The first kappa shape index (κ1) is 11.6. The molecule has 1 N–H and O–H groups in total. The van der Waals surface area contributed by atoms with Gasteiger partial charge in [0.25, 0.3) is 0 Å². The highest BCUT2D eigenvalue weighted by atomic mass is 16.8. The molecular weight excluding hydrogens is 230 g/mol. The molecule has 2 aliphatic heterocycles. The van der Waals surface area contributed by atoms with Crippen LogP contribution >= 0.6 is 0 Å². The Labute approximate surface area is 107 Å². The van der Waals surface area contributed by atoms with Crippen molar-refractivity contribution < 1.29 is 14.2 Å². The van der Waals surface area contributed by atoms with Crippen LogP contribution in [-0.4, -0.2) is 33.1 Å². The molecule has 0 spiro atoms. The summed E-state index contributed by atoms with van der Waals surface area (Å²) in [6.07, 6.45) is 3.12. The average molecular weight is 247 g/mol. The van der Waals surface area contributed by atoms with Crippen molar-refractivity contribution in [2.75, 3.05) is 20.7 Å². The van der Waals surface area contributed by atoms with Gasteiger partial charge in [-0.3, -0.25) is 0 Å². The van der Waals surface area contributed by atoms with Crippen molar-refractivity contribution in [1.29, 1.82) is 0 Å². The maximum atomic E-state index is 5.81. The molecule has 2 heterocycles. The van der Waals surface area contributed by atoms with Gasteiger partial charge in [-0.25, -0.2) is 0 Å². The lowest BCUT2D eigenvalue weighted by atomic mass is 10.0. The van der Waals surface area contributed by atoms with Crippen molar-refractivity contribution in [3.63, 3.8) is 0 Å². The Balaban J connectivity index is 1.95. The number of rotatable bonds is 4. The summed E-state index contributed by atoms with van der Waals surface area (Å²) < 4.78 is 16.5. The molecule has 0 aliphatic carbocycles. The lowest BCUT2D eigenvalue weighted by molar-refractivity contribution is 0.177. The first-order valence-electron chi connectivity index (χ1n) is 6.17. The molecule has 2 unspecified atom stereocenters. The highest BCUT2D eigenvalue weighted by Gasteiger charge is 2.42. The SMILES string of the molecule is CNCCC1=CC2OC2Oc2cc(OC)ccc21. The molecule has 2 aliphatic rings. The predicted octanol–water partition coefficient (Wildman–Crippen LogP) is 1.81. The van der Waals surface area contributed by atoms with Crippen LogP contribution in [0.4, 0.5) is 0 Å². The second-order valence-electron chi connectivity index (χ2n) is 4.49. The van der Waals surface area contributed by atoms with E-state index >= 15 is 0 Å². The van der Waals surface area contributed by atoms with E-state index < -0.39 is 0 Å². The Morgan fingerprint density at radius 3 is 3.06 bits per heavy atom. The normalized spacial score (nSPS) is 24.2. The van der Waals surface area contributed by atoms with Gasteiger partial charge in [-0.1, -0.05) is 0 Å². The molecule has 96 valence electrons. The molecular formula is C14H17NO3. The number of methoxy groups -OCH3 is 1. The Bertz CT molecular complexity index is 484. The third-order valence-corrected chi connectivity index (χ3v) is 3.27. The molecule has 1 aromatic carbocycles. The van der Waals surface area contributed by atoms with E-state index in [9.17, 15) is 0 Å². The Hall–Kier alpha value is -1.52. The minimum atomic E-state index is -0.122. The fourth-order valence-corrected chi connectivity index (χ4v) is 2.21. The third-order valence-electron chi connectivity index (χ3n) is 3.27. The van der Waals surface area contributed by atoms with Gasteiger partial charge in [0.05, 0.1) is 7.11 Å². The molecule has 4 heteroatoms. The number of epoxide rings is 1. The molecule has 1 aromatic rings. The van der Waals surface area contributed by atoms with Crippen molar-refractivity contribution in [2.24, 2.45) is 0 Å². The van der Waals surface area contributed by atoms with Gasteiger partial charge >= 0.3 is 0 Å². The molecule has 0 amide bonds. The Kier molecular flexibility index (Phi) is 2.97. The molecule has 2 atom stereocenters. The monoisotopic (exact) mass is 247 g/mol. The fourth-order valence-electron chi connectivity index (χ4n) is 2.21. The van der Waals surface area contributed by atoms with Crippen molar-refractivity contribution in [3.8, 4) is 11.5 Å². The maximum absolute atomic E-state index is 5.81. The minimum Gasteiger partial charge on any atom is -0.497 e. The van der Waals surface area contributed by atoms with Gasteiger partial charge in [0.15, 0.2) is 0 Å². The number of hydrogen-bond donors (Lipinski definition) is 1. The second kappa shape index (κ2) is 4.63. The summed E-state index contributed by atoms with van der Waals surface area (Å²) in [4.78, 5) is 0. The minimum absolute atomic E-state index is 0.107. The van der Waals surface area contributed by atoms with Gasteiger partial charge < -0.3 is 19.5 Å². The van der Waals surface area contributed by atoms with Crippen molar-refractivity contribution in [3.05, 3.63) is 29.8 Å². The van der Waals surface area contributed by atoms with Crippen LogP contribution < -0.4 is 14.8 Å². The van der Waals surface area contributed by atoms with E-state index in [0.29, 0.717) is 0 Å². The second-order valence-corrected chi connectivity index (χ2v) is 4.49. The summed E-state index contributed by atoms with van der Waals surface area (Å²) in [6.45, 7) is 0.939. The van der Waals surface area contributed by atoms with Crippen LogP contribution in [0.2, 0.25) is 0 Å². The highest BCUT2D eigenvalue weighted by Crippen LogP contribution is 2.40. The lowest BCUT2D eigenvalue weighted by Crippen LogP contribution is -2.08. The zero-order chi connectivity index (χ0) is 12.5. The topological polar surface area (TPSA) is 43.0 Å². The summed E-state index contributed by atoms with van der Waals surface area (Å²) in [5, 5.41) is 3.17. The van der Waals surface area contributed by atoms with E-state index in [1.807, 2.05) is 19.2 Å². The molecule has 1 saturated heterocycles. The smallest absolute Gasteiger partial charge is 0.231 e. The number of ether oxygens (including phenoxy) is 3. The number of hydrogen-bond acceptors (Lipinski definition) is 4. The van der Waals surface area contributed by atoms with Crippen LogP contribution in [0.15, 0.2) is 24.3 Å². The van der Waals surface area contributed by atoms with E-state index in [-0.39, 0.29) is 12.4 Å². The summed E-state index contributed by atoms with van der Waals surface area (Å²) in [5.74, 6) is 1.66. The van der Waals surface area contributed by atoms with Crippen LogP contribution in [0.25, 0.3) is 5.57 Å². The number of benzene rings is 1. The zero-order valence-corrected chi connectivity index (χ0v) is 10.6. The van der Waals surface area contributed by atoms with E-state index in [1.165, 1.54) is 5.57 Å². The van der Waals surface area contributed by atoms with Gasteiger partial charge in [0, 0.05) is 11.6 Å². The maximum Gasteiger partial charge on any atom is 0.231 e. The third kappa shape index (κ3) is 2.09. The summed E-state index contributed by atoms with van der Waals surface area (Å²) in [6, 6.07) is 5.94. The number of nitrogens with one attached hydrogen (secondary N) is 1. The van der Waals surface area contributed by atoms with Crippen molar-refractivity contribution in [1.82, 2.24) is 5.32 Å². The van der Waals surface area contributed by atoms with Gasteiger partial charge in [-0.2, -0.15) is 0 Å². The summed E-state index contributed by atoms with van der Waals surface area (Å²) in [7, 11) is 3.62. The quantitative estimate of drug-likeness (QED) is 0.824. The molecule has 4 nitrogen and oxygen atoms in total. The van der Waals surface area contributed by atoms with Crippen molar-refractivity contribution >= 4 is 5.57 Å². The lowest BCUT2D eigenvalue weighted by Gasteiger charge is -2.13. The summed E-state index contributed by atoms with van der Waals surface area (Å²) >= 11 is 0. The van der Waals surface area contributed by atoms with Gasteiger partial charge in [-0.15, -0.1) is 0 Å². The highest BCUT2D eigenvalue weighted by molar-refractivity contribution is 5.73. The van der Waals surface area contributed by atoms with Gasteiger partial charge in [-0.05, 0) is 43.8 Å². The van der Waals surface area contributed by atoms with Gasteiger partial charge in [0.1, 0.15) is 17.6 Å². The molecule has 3 rings (SSSR count). The van der Waals surface area contributed by atoms with E-state index in [2.05, 4.69) is 17.5 Å². The zero-order valence-electron chi connectivity index (χ0n) is 10.6. The molecule has 0 radical (unpaired) electrons. The fraction of sp³-hybridized carbons (Fsp3) is 0.429. The van der Waals surface area contributed by atoms with Crippen LogP contribution in [0.5, 0.6) is 11.5 Å². The number of fused-ring (bicyclic) bond motifs is 2. The molecule has 1 fully saturated rings. The first-order valence-corrected chi connectivity index (χ1v) is 6.17. The summed E-state index contributed by atoms with van der Waals surface area (Å²) in [5.41, 5.74) is 2.41. The Morgan fingerprint density at radius 1 is 1.39 bits per heavy atom. The van der Waals surface area contributed by atoms with Crippen LogP contribution in [0.1, 0.15) is 12.0 Å². The van der Waals surface area contributed by atoms with Crippen LogP contribution in [-0.2, 0) is 4.74 Å². The van der Waals surface area contributed by atoms with Crippen molar-refractivity contribution in [2.45, 2.75) is 18.8 Å².